The van der Waals surface area contributed by atoms with Gasteiger partial charge in [-0.1, -0.05) is 0 Å². The fourth-order valence-electron chi connectivity index (χ4n) is 1.09. The van der Waals surface area contributed by atoms with Crippen LogP contribution in [0.15, 0.2) is 22.8 Å². The molecule has 0 aliphatic heterocycles. The van der Waals surface area contributed by atoms with Gasteiger partial charge in [-0.2, -0.15) is 0 Å². The number of hydrogen-bond donors (Lipinski definition) is 1. The van der Waals surface area contributed by atoms with Gasteiger partial charge in [-0.3, -0.25) is 9.59 Å². The summed E-state index contributed by atoms with van der Waals surface area (Å²) in [6.07, 6.45) is 1.44. The van der Waals surface area contributed by atoms with E-state index < -0.39 is 5.97 Å². The highest BCUT2D eigenvalue weighted by molar-refractivity contribution is 9.10. The summed E-state index contributed by atoms with van der Waals surface area (Å²) < 4.78 is 0.599. The van der Waals surface area contributed by atoms with Gasteiger partial charge < -0.3 is 10.0 Å². The molecule has 0 aliphatic rings. The summed E-state index contributed by atoms with van der Waals surface area (Å²) in [6.45, 7) is 0.164. The van der Waals surface area contributed by atoms with Gasteiger partial charge in [0.1, 0.15) is 5.69 Å². The SMILES string of the molecule is CN(CCC(=O)O)C(=O)c1ncccc1Br. The van der Waals surface area contributed by atoms with Crippen LogP contribution in [0.4, 0.5) is 0 Å². The summed E-state index contributed by atoms with van der Waals surface area (Å²) in [7, 11) is 1.55. The maximum Gasteiger partial charge on any atom is 0.305 e. The number of aliphatic carboxylic acids is 1. The third-order valence-corrected chi connectivity index (χ3v) is 2.61. The van der Waals surface area contributed by atoms with Crippen molar-refractivity contribution in [2.45, 2.75) is 6.42 Å². The van der Waals surface area contributed by atoms with E-state index in [4.69, 9.17) is 5.11 Å². The fraction of sp³-hybridized carbons (Fsp3) is 0.300. The Hall–Kier alpha value is -1.43. The fourth-order valence-corrected chi connectivity index (χ4v) is 1.51. The van der Waals surface area contributed by atoms with Crippen LogP contribution in [0.1, 0.15) is 16.9 Å². The van der Waals surface area contributed by atoms with Crippen molar-refractivity contribution < 1.29 is 14.7 Å². The first-order chi connectivity index (χ1) is 7.52. The smallest absolute Gasteiger partial charge is 0.305 e. The van der Waals surface area contributed by atoms with E-state index in [1.54, 1.807) is 19.2 Å². The molecule has 1 aromatic rings. The van der Waals surface area contributed by atoms with E-state index >= 15 is 0 Å². The number of nitrogens with zero attached hydrogens (tertiary/aromatic N) is 2. The molecular weight excluding hydrogens is 276 g/mol. The Morgan fingerprint density at radius 3 is 2.81 bits per heavy atom. The molecule has 0 atom stereocenters. The standard InChI is InChI=1S/C10H11BrN2O3/c1-13(6-4-8(14)15)10(16)9-7(11)3-2-5-12-9/h2-3,5H,4,6H2,1H3,(H,14,15). The van der Waals surface area contributed by atoms with E-state index in [2.05, 4.69) is 20.9 Å². The Bertz CT molecular complexity index is 409. The lowest BCUT2D eigenvalue weighted by atomic mass is 10.3. The molecule has 0 aliphatic carbocycles. The highest BCUT2D eigenvalue weighted by atomic mass is 79.9. The second-order valence-corrected chi connectivity index (χ2v) is 4.06. The number of aromatic nitrogens is 1. The van der Waals surface area contributed by atoms with Gasteiger partial charge in [-0.15, -0.1) is 0 Å². The quantitative estimate of drug-likeness (QED) is 0.908. The van der Waals surface area contributed by atoms with E-state index in [9.17, 15) is 9.59 Å². The minimum atomic E-state index is -0.931. The van der Waals surface area contributed by atoms with Gasteiger partial charge in [0, 0.05) is 24.3 Å². The van der Waals surface area contributed by atoms with Gasteiger partial charge >= 0.3 is 5.97 Å². The number of hydrogen-bond acceptors (Lipinski definition) is 3. The van der Waals surface area contributed by atoms with Crippen LogP contribution in [-0.2, 0) is 4.79 Å². The van der Waals surface area contributed by atoms with Gasteiger partial charge in [0.05, 0.1) is 6.42 Å². The molecule has 1 amide bonds. The molecule has 0 aromatic carbocycles. The van der Waals surface area contributed by atoms with E-state index in [0.717, 1.165) is 0 Å². The first kappa shape index (κ1) is 12.6. The molecule has 0 saturated heterocycles. The maximum absolute atomic E-state index is 11.8. The van der Waals surface area contributed by atoms with Crippen LogP contribution in [0.25, 0.3) is 0 Å². The number of carbonyl (C=O) groups is 2. The maximum atomic E-state index is 11.8. The van der Waals surface area contributed by atoms with Crippen molar-refractivity contribution in [3.05, 3.63) is 28.5 Å². The van der Waals surface area contributed by atoms with Crippen molar-refractivity contribution >= 4 is 27.8 Å². The molecular formula is C10H11BrN2O3. The van der Waals surface area contributed by atoms with Crippen molar-refractivity contribution in [1.82, 2.24) is 9.88 Å². The van der Waals surface area contributed by atoms with Crippen LogP contribution in [0.2, 0.25) is 0 Å². The monoisotopic (exact) mass is 286 g/mol. The van der Waals surface area contributed by atoms with Crippen molar-refractivity contribution in [1.29, 1.82) is 0 Å². The van der Waals surface area contributed by atoms with Crippen LogP contribution in [0, 0.1) is 0 Å². The number of pyridine rings is 1. The molecule has 6 heteroatoms. The van der Waals surface area contributed by atoms with E-state index in [1.165, 1.54) is 11.1 Å². The zero-order valence-corrected chi connectivity index (χ0v) is 10.3. The summed E-state index contributed by atoms with van der Waals surface area (Å²) in [5, 5.41) is 8.51. The molecule has 1 aromatic heterocycles. The Morgan fingerprint density at radius 2 is 2.25 bits per heavy atom. The van der Waals surface area contributed by atoms with E-state index in [-0.39, 0.29) is 24.6 Å². The lowest BCUT2D eigenvalue weighted by Crippen LogP contribution is -2.29. The molecule has 0 unspecified atom stereocenters. The van der Waals surface area contributed by atoms with E-state index in [1.807, 2.05) is 0 Å². The zero-order chi connectivity index (χ0) is 12.1. The first-order valence-electron chi connectivity index (χ1n) is 4.60. The van der Waals surface area contributed by atoms with Crippen LogP contribution in [0.5, 0.6) is 0 Å². The van der Waals surface area contributed by atoms with Crippen LogP contribution in [-0.4, -0.2) is 40.5 Å². The van der Waals surface area contributed by atoms with Gasteiger partial charge in [0.2, 0.25) is 0 Å². The Balaban J connectivity index is 2.71. The lowest BCUT2D eigenvalue weighted by Gasteiger charge is -2.15. The first-order valence-corrected chi connectivity index (χ1v) is 5.39. The van der Waals surface area contributed by atoms with Gasteiger partial charge in [-0.25, -0.2) is 4.98 Å². The second-order valence-electron chi connectivity index (χ2n) is 3.20. The predicted molar refractivity (Wildman–Crippen MR) is 61.2 cm³/mol. The van der Waals surface area contributed by atoms with Crippen LogP contribution < -0.4 is 0 Å². The number of rotatable bonds is 4. The van der Waals surface area contributed by atoms with Crippen molar-refractivity contribution in [3.63, 3.8) is 0 Å². The number of halogens is 1. The van der Waals surface area contributed by atoms with Crippen molar-refractivity contribution in [2.75, 3.05) is 13.6 Å². The van der Waals surface area contributed by atoms with E-state index in [0.29, 0.717) is 4.47 Å². The number of carbonyl (C=O) groups excluding carboxylic acids is 1. The molecule has 86 valence electrons. The molecule has 0 spiro atoms. The van der Waals surface area contributed by atoms with Gasteiger partial charge in [0.25, 0.3) is 5.91 Å². The molecule has 1 heterocycles. The van der Waals surface area contributed by atoms with Gasteiger partial charge in [-0.05, 0) is 28.1 Å². The van der Waals surface area contributed by atoms with Gasteiger partial charge in [0.15, 0.2) is 0 Å². The Kier molecular flexibility index (Phi) is 4.42. The largest absolute Gasteiger partial charge is 0.481 e. The Labute approximate surface area is 101 Å². The molecule has 0 bridgehead atoms. The average molecular weight is 287 g/mol. The number of amides is 1. The summed E-state index contributed by atoms with van der Waals surface area (Å²) in [5.74, 6) is -1.23. The molecule has 0 saturated carbocycles. The topological polar surface area (TPSA) is 70.5 Å². The summed E-state index contributed by atoms with van der Waals surface area (Å²) in [4.78, 5) is 27.5. The minimum absolute atomic E-state index is 0.0767. The number of carboxylic acid groups (broad SMARTS) is 1. The average Bonchev–Trinajstić information content (AvgIpc) is 2.25. The lowest BCUT2D eigenvalue weighted by molar-refractivity contribution is -0.137. The molecule has 16 heavy (non-hydrogen) atoms. The molecule has 0 radical (unpaired) electrons. The third kappa shape index (κ3) is 3.30. The molecule has 1 rings (SSSR count). The third-order valence-electron chi connectivity index (χ3n) is 1.97. The van der Waals surface area contributed by atoms with Crippen LogP contribution >= 0.6 is 15.9 Å². The molecule has 5 nitrogen and oxygen atoms in total. The second kappa shape index (κ2) is 5.60. The number of carboxylic acids is 1. The van der Waals surface area contributed by atoms with Crippen molar-refractivity contribution in [2.24, 2.45) is 0 Å². The summed E-state index contributed by atoms with van der Waals surface area (Å²) in [5.41, 5.74) is 0.287. The summed E-state index contributed by atoms with van der Waals surface area (Å²) in [6, 6.07) is 3.42. The molecule has 0 fully saturated rings. The predicted octanol–water partition coefficient (Wildman–Crippen LogP) is 1.39. The normalized spacial score (nSPS) is 9.88. The summed E-state index contributed by atoms with van der Waals surface area (Å²) >= 11 is 3.22. The zero-order valence-electron chi connectivity index (χ0n) is 8.68. The minimum Gasteiger partial charge on any atom is -0.481 e. The molecule has 1 N–H and O–H groups in total. The highest BCUT2D eigenvalue weighted by Crippen LogP contribution is 2.14. The van der Waals surface area contributed by atoms with Crippen molar-refractivity contribution in [3.8, 4) is 0 Å². The van der Waals surface area contributed by atoms with Crippen LogP contribution in [0.3, 0.4) is 0 Å². The Morgan fingerprint density at radius 1 is 1.56 bits per heavy atom. The highest BCUT2D eigenvalue weighted by Gasteiger charge is 2.16.